The molecule has 1 aliphatic rings. The summed E-state index contributed by atoms with van der Waals surface area (Å²) in [4.78, 5) is 15.8. The molecule has 2 atom stereocenters. The molecule has 5 heteroatoms. The van der Waals surface area contributed by atoms with E-state index < -0.39 is 5.97 Å². The first-order valence-electron chi connectivity index (χ1n) is 14.8. The molecular formula is C30H56N3O2+. The van der Waals surface area contributed by atoms with Crippen LogP contribution >= 0.6 is 0 Å². The molecule has 0 aromatic heterocycles. The van der Waals surface area contributed by atoms with Gasteiger partial charge in [0.25, 0.3) is 0 Å². The number of quaternary nitrogens is 1. The summed E-state index contributed by atoms with van der Waals surface area (Å²) in [6.07, 6.45) is 34.1. The lowest BCUT2D eigenvalue weighted by atomic mass is 10.0. The summed E-state index contributed by atoms with van der Waals surface area (Å²) < 4.78 is 0.171. The third-order valence-electron chi connectivity index (χ3n) is 7.32. The van der Waals surface area contributed by atoms with E-state index in [2.05, 4.69) is 24.1 Å². The second-order valence-electron chi connectivity index (χ2n) is 10.5. The van der Waals surface area contributed by atoms with E-state index in [1.807, 2.05) is 13.1 Å². The Morgan fingerprint density at radius 2 is 1.31 bits per heavy atom. The van der Waals surface area contributed by atoms with Gasteiger partial charge in [0.2, 0.25) is 5.84 Å². The predicted octanol–water partition coefficient (Wildman–Crippen LogP) is 8.45. The Labute approximate surface area is 216 Å². The molecule has 0 radical (unpaired) electrons. The summed E-state index contributed by atoms with van der Waals surface area (Å²) in [6, 6.07) is 0. The maximum atomic E-state index is 11.3. The topological polar surface area (TPSA) is 75.7 Å². The van der Waals surface area contributed by atoms with Gasteiger partial charge in [-0.15, -0.1) is 0 Å². The van der Waals surface area contributed by atoms with Crippen molar-refractivity contribution in [1.29, 1.82) is 0 Å². The van der Waals surface area contributed by atoms with E-state index in [9.17, 15) is 9.90 Å². The smallest absolute Gasteiger partial charge is 0.360 e. The number of unbranched alkanes of at least 4 members (excludes halogenated alkanes) is 17. The van der Waals surface area contributed by atoms with Crippen molar-refractivity contribution >= 4 is 11.8 Å². The summed E-state index contributed by atoms with van der Waals surface area (Å²) in [5, 5.41) is 9.29. The average molecular weight is 491 g/mol. The van der Waals surface area contributed by atoms with E-state index in [0.717, 1.165) is 18.7 Å². The Kier molecular flexibility index (Phi) is 18.7. The fourth-order valence-electron chi connectivity index (χ4n) is 5.00. The van der Waals surface area contributed by atoms with Gasteiger partial charge in [-0.25, -0.2) is 14.3 Å². The number of carboxylic acid groups (broad SMARTS) is 1. The Bertz CT molecular complexity index is 627. The number of aliphatic imine (C=N–C) groups is 1. The summed E-state index contributed by atoms with van der Waals surface area (Å²) in [6.45, 7) is 4.12. The van der Waals surface area contributed by atoms with Crippen LogP contribution < -0.4 is 5.73 Å². The minimum atomic E-state index is -0.836. The molecule has 0 aliphatic carbocycles. The number of carboxylic acids is 1. The highest BCUT2D eigenvalue weighted by Crippen LogP contribution is 2.23. The summed E-state index contributed by atoms with van der Waals surface area (Å²) >= 11 is 0. The van der Waals surface area contributed by atoms with Crippen molar-refractivity contribution in [2.24, 2.45) is 10.7 Å². The molecule has 2 unspecified atom stereocenters. The molecule has 202 valence electrons. The van der Waals surface area contributed by atoms with E-state index in [1.165, 1.54) is 116 Å². The largest absolute Gasteiger partial charge is 0.477 e. The quantitative estimate of drug-likeness (QED) is 0.0809. The summed E-state index contributed by atoms with van der Waals surface area (Å²) in [5.41, 5.74) is 6.13. The van der Waals surface area contributed by atoms with E-state index in [1.54, 1.807) is 6.20 Å². The van der Waals surface area contributed by atoms with Crippen molar-refractivity contribution < 1.29 is 14.4 Å². The summed E-state index contributed by atoms with van der Waals surface area (Å²) in [5.74, 6) is 0.0619. The second kappa shape index (κ2) is 20.7. The molecule has 0 amide bonds. The zero-order valence-corrected chi connectivity index (χ0v) is 23.1. The molecule has 0 spiro atoms. The highest BCUT2D eigenvalue weighted by molar-refractivity contribution is 5.81. The molecule has 0 aromatic rings. The Hall–Kier alpha value is -1.46. The van der Waals surface area contributed by atoms with E-state index in [4.69, 9.17) is 5.73 Å². The van der Waals surface area contributed by atoms with Gasteiger partial charge in [0.05, 0.1) is 6.20 Å². The fourth-order valence-corrected chi connectivity index (χ4v) is 5.00. The number of amidine groups is 1. The number of hydrogen-bond acceptors (Lipinski definition) is 3. The lowest BCUT2D eigenvalue weighted by Crippen LogP contribution is -2.59. The molecule has 35 heavy (non-hydrogen) atoms. The molecular weight excluding hydrogens is 434 g/mol. The molecule has 0 saturated heterocycles. The van der Waals surface area contributed by atoms with Crippen molar-refractivity contribution in [1.82, 2.24) is 0 Å². The minimum Gasteiger partial charge on any atom is -0.477 e. The Morgan fingerprint density at radius 1 is 0.857 bits per heavy atom. The van der Waals surface area contributed by atoms with Gasteiger partial charge in [-0.1, -0.05) is 109 Å². The Balaban J connectivity index is 1.89. The minimum absolute atomic E-state index is 0.0253. The van der Waals surface area contributed by atoms with Crippen LogP contribution in [0.1, 0.15) is 142 Å². The molecule has 0 aromatic carbocycles. The lowest BCUT2D eigenvalue weighted by Gasteiger charge is -2.34. The first-order valence-corrected chi connectivity index (χ1v) is 14.8. The molecule has 0 bridgehead atoms. The van der Waals surface area contributed by atoms with Gasteiger partial charge in [0, 0.05) is 13.3 Å². The van der Waals surface area contributed by atoms with Crippen molar-refractivity contribution in [3.8, 4) is 0 Å². The maximum Gasteiger partial charge on any atom is 0.360 e. The van der Waals surface area contributed by atoms with Gasteiger partial charge in [-0.05, 0) is 32.1 Å². The van der Waals surface area contributed by atoms with Crippen LogP contribution in [0, 0.1) is 0 Å². The van der Waals surface area contributed by atoms with Crippen LogP contribution in [0.2, 0.25) is 0 Å². The number of hydrogen-bond donors (Lipinski definition) is 2. The van der Waals surface area contributed by atoms with Gasteiger partial charge in [0.15, 0.2) is 6.54 Å². The molecule has 1 aliphatic heterocycles. The van der Waals surface area contributed by atoms with Crippen molar-refractivity contribution in [3.63, 3.8) is 0 Å². The van der Waals surface area contributed by atoms with E-state index in [-0.39, 0.29) is 17.2 Å². The van der Waals surface area contributed by atoms with E-state index >= 15 is 0 Å². The van der Waals surface area contributed by atoms with Gasteiger partial charge in [-0.2, -0.15) is 0 Å². The first kappa shape index (κ1) is 31.6. The van der Waals surface area contributed by atoms with E-state index in [0.29, 0.717) is 0 Å². The average Bonchev–Trinajstić information content (AvgIpc) is 3.23. The molecule has 5 nitrogen and oxygen atoms in total. The van der Waals surface area contributed by atoms with Crippen LogP contribution in [0.4, 0.5) is 0 Å². The van der Waals surface area contributed by atoms with Gasteiger partial charge in [0.1, 0.15) is 12.4 Å². The SMILES string of the molecule is CCCCCCCCC/C=C/CCCCCCCCCCCCC1=NC=C[N+]1(CC(=O)O)C(C)N. The molecule has 0 fully saturated rings. The maximum absolute atomic E-state index is 11.3. The highest BCUT2D eigenvalue weighted by Gasteiger charge is 2.40. The van der Waals surface area contributed by atoms with Crippen LogP contribution in [-0.2, 0) is 4.79 Å². The lowest BCUT2D eigenvalue weighted by molar-refractivity contribution is -0.805. The monoisotopic (exact) mass is 490 g/mol. The van der Waals surface area contributed by atoms with Crippen molar-refractivity contribution in [3.05, 3.63) is 24.6 Å². The van der Waals surface area contributed by atoms with Crippen molar-refractivity contribution in [2.75, 3.05) is 6.54 Å². The predicted molar refractivity (Wildman–Crippen MR) is 150 cm³/mol. The van der Waals surface area contributed by atoms with Crippen LogP contribution in [0.25, 0.3) is 0 Å². The first-order chi connectivity index (χ1) is 17.0. The number of nitrogens with zero attached hydrogens (tertiary/aromatic N) is 2. The number of nitrogens with two attached hydrogens (primary N) is 1. The zero-order valence-electron chi connectivity index (χ0n) is 23.1. The van der Waals surface area contributed by atoms with Crippen LogP contribution in [0.3, 0.4) is 0 Å². The number of rotatable bonds is 24. The number of carbonyl (C=O) groups is 1. The third-order valence-corrected chi connectivity index (χ3v) is 7.32. The highest BCUT2D eigenvalue weighted by atomic mass is 16.4. The Morgan fingerprint density at radius 3 is 1.77 bits per heavy atom. The standard InChI is InChI=1S/C30H55N3O2/c1-3-4-5-6-7-8-9-10-11-12-13-14-15-16-17-18-19-20-21-22-23-24-29-32-25-26-33(29,28(2)31)27-30(34)35/h11-12,25-26,28H,3-10,13-24,27,31H2,1-2H3/p+1/b12-11+. The second-order valence-corrected chi connectivity index (χ2v) is 10.5. The molecule has 3 N–H and O–H groups in total. The van der Waals surface area contributed by atoms with Crippen molar-refractivity contribution in [2.45, 2.75) is 148 Å². The third kappa shape index (κ3) is 14.6. The number of aliphatic carboxylic acids is 1. The number of allylic oxidation sites excluding steroid dienone is 2. The van der Waals surface area contributed by atoms with Crippen LogP contribution in [0.15, 0.2) is 29.5 Å². The molecule has 1 heterocycles. The molecule has 0 saturated carbocycles. The molecule has 1 rings (SSSR count). The normalized spacial score (nSPS) is 18.4. The fraction of sp³-hybridized carbons (Fsp3) is 0.800. The summed E-state index contributed by atoms with van der Waals surface area (Å²) in [7, 11) is 0. The van der Waals surface area contributed by atoms with Crippen LogP contribution in [-0.4, -0.2) is 34.1 Å². The van der Waals surface area contributed by atoms with Gasteiger partial charge >= 0.3 is 5.97 Å². The van der Waals surface area contributed by atoms with Gasteiger partial charge in [-0.3, -0.25) is 5.73 Å². The van der Waals surface area contributed by atoms with Gasteiger partial charge < -0.3 is 5.11 Å². The van der Waals surface area contributed by atoms with Crippen LogP contribution in [0.5, 0.6) is 0 Å². The zero-order chi connectivity index (χ0) is 25.6.